The van der Waals surface area contributed by atoms with Gasteiger partial charge in [-0.1, -0.05) is 6.07 Å². The maximum Gasteiger partial charge on any atom is 0.115 e. The van der Waals surface area contributed by atoms with Crippen molar-refractivity contribution in [2.24, 2.45) is 0 Å². The van der Waals surface area contributed by atoms with Crippen LogP contribution in [0.3, 0.4) is 0 Å². The zero-order valence-electron chi connectivity index (χ0n) is 11.1. The predicted octanol–water partition coefficient (Wildman–Crippen LogP) is 4.72. The quantitative estimate of drug-likeness (QED) is 0.463. The Labute approximate surface area is 136 Å². The molecule has 0 aliphatic carbocycles. The summed E-state index contributed by atoms with van der Waals surface area (Å²) in [5.41, 5.74) is 4.53. The number of nitrogens with zero attached hydrogens (tertiary/aromatic N) is 2. The molecule has 0 bridgehead atoms. The Hall–Kier alpha value is -1.07. The molecule has 0 aliphatic rings. The molecule has 0 unspecified atom stereocenters. The highest BCUT2D eigenvalue weighted by Crippen LogP contribution is 2.23. The summed E-state index contributed by atoms with van der Waals surface area (Å²) in [6.45, 7) is 2.09. The molecule has 102 valence electrons. The minimum atomic E-state index is 0.576. The third kappa shape index (κ3) is 2.56. The first-order valence-electron chi connectivity index (χ1n) is 6.49. The van der Waals surface area contributed by atoms with E-state index in [9.17, 15) is 0 Å². The van der Waals surface area contributed by atoms with Gasteiger partial charge in [-0.15, -0.1) is 11.6 Å². The summed E-state index contributed by atoms with van der Waals surface area (Å²) in [6, 6.07) is 14.9. The molecule has 0 fully saturated rings. The highest BCUT2D eigenvalue weighted by atomic mass is 127. The van der Waals surface area contributed by atoms with E-state index >= 15 is 0 Å². The molecule has 1 aromatic heterocycles. The van der Waals surface area contributed by atoms with Gasteiger partial charge in [0.15, 0.2) is 0 Å². The minimum absolute atomic E-state index is 0.576. The van der Waals surface area contributed by atoms with Crippen molar-refractivity contribution >= 4 is 45.2 Å². The van der Waals surface area contributed by atoms with Gasteiger partial charge in [0.05, 0.1) is 11.0 Å². The molecule has 3 aromatic rings. The van der Waals surface area contributed by atoms with Crippen LogP contribution < -0.4 is 0 Å². The van der Waals surface area contributed by atoms with Crippen molar-refractivity contribution in [1.29, 1.82) is 0 Å². The summed E-state index contributed by atoms with van der Waals surface area (Å²) >= 11 is 8.24. The van der Waals surface area contributed by atoms with Crippen molar-refractivity contribution in [2.75, 3.05) is 5.88 Å². The number of imidazole rings is 1. The second kappa shape index (κ2) is 5.74. The standard InChI is InChI=1S/C16H14ClIN2/c1-11-2-7-15-14(10-11)19-16(8-9-17)20(15)13-5-3-12(18)4-6-13/h2-7,10H,8-9H2,1H3. The maximum absolute atomic E-state index is 5.93. The van der Waals surface area contributed by atoms with E-state index < -0.39 is 0 Å². The van der Waals surface area contributed by atoms with E-state index in [2.05, 4.69) is 76.5 Å². The van der Waals surface area contributed by atoms with Crippen LogP contribution in [0.2, 0.25) is 0 Å². The minimum Gasteiger partial charge on any atom is -0.296 e. The van der Waals surface area contributed by atoms with E-state index in [4.69, 9.17) is 16.6 Å². The third-order valence-electron chi connectivity index (χ3n) is 3.28. The highest BCUT2D eigenvalue weighted by molar-refractivity contribution is 14.1. The molecule has 0 amide bonds. The second-order valence-corrected chi connectivity index (χ2v) is 6.39. The summed E-state index contributed by atoms with van der Waals surface area (Å²) in [6.07, 6.45) is 0.765. The summed E-state index contributed by atoms with van der Waals surface area (Å²) in [5.74, 6) is 1.59. The number of benzene rings is 2. The monoisotopic (exact) mass is 396 g/mol. The van der Waals surface area contributed by atoms with Crippen LogP contribution in [0.1, 0.15) is 11.4 Å². The van der Waals surface area contributed by atoms with Gasteiger partial charge in [-0.25, -0.2) is 4.98 Å². The zero-order valence-corrected chi connectivity index (χ0v) is 14.0. The number of hydrogen-bond donors (Lipinski definition) is 0. The van der Waals surface area contributed by atoms with E-state index in [-0.39, 0.29) is 0 Å². The number of aromatic nitrogens is 2. The van der Waals surface area contributed by atoms with Gasteiger partial charge in [0.25, 0.3) is 0 Å². The van der Waals surface area contributed by atoms with Crippen LogP contribution in [0.15, 0.2) is 42.5 Å². The molecule has 20 heavy (non-hydrogen) atoms. The predicted molar refractivity (Wildman–Crippen MR) is 92.9 cm³/mol. The molecule has 0 saturated heterocycles. The Bertz CT molecular complexity index is 747. The SMILES string of the molecule is Cc1ccc2c(c1)nc(CCCl)n2-c1ccc(I)cc1. The van der Waals surface area contributed by atoms with E-state index in [1.54, 1.807) is 0 Å². The molecule has 0 spiro atoms. The van der Waals surface area contributed by atoms with Crippen LogP contribution in [0.25, 0.3) is 16.7 Å². The lowest BCUT2D eigenvalue weighted by Gasteiger charge is -2.08. The van der Waals surface area contributed by atoms with Crippen LogP contribution in [0.4, 0.5) is 0 Å². The molecular weight excluding hydrogens is 383 g/mol. The number of rotatable bonds is 3. The van der Waals surface area contributed by atoms with Crippen molar-refractivity contribution < 1.29 is 0 Å². The van der Waals surface area contributed by atoms with Gasteiger partial charge in [-0.05, 0) is 71.5 Å². The van der Waals surface area contributed by atoms with Crippen LogP contribution in [-0.2, 0) is 6.42 Å². The number of fused-ring (bicyclic) bond motifs is 1. The second-order valence-electron chi connectivity index (χ2n) is 4.77. The van der Waals surface area contributed by atoms with Crippen molar-refractivity contribution in [3.63, 3.8) is 0 Å². The zero-order chi connectivity index (χ0) is 14.1. The highest BCUT2D eigenvalue weighted by Gasteiger charge is 2.12. The molecule has 1 heterocycles. The largest absolute Gasteiger partial charge is 0.296 e. The van der Waals surface area contributed by atoms with Gasteiger partial charge in [-0.2, -0.15) is 0 Å². The Morgan fingerprint density at radius 3 is 2.60 bits per heavy atom. The normalized spacial score (nSPS) is 11.2. The van der Waals surface area contributed by atoms with Gasteiger partial charge in [0, 0.05) is 21.6 Å². The number of aryl methyl sites for hydroxylation is 2. The first kappa shape index (κ1) is 13.9. The summed E-state index contributed by atoms with van der Waals surface area (Å²) < 4.78 is 3.43. The molecule has 0 atom stereocenters. The average Bonchev–Trinajstić information content (AvgIpc) is 2.77. The van der Waals surface area contributed by atoms with Crippen LogP contribution in [0.5, 0.6) is 0 Å². The molecule has 0 saturated carbocycles. The van der Waals surface area contributed by atoms with Gasteiger partial charge in [0.2, 0.25) is 0 Å². The molecule has 0 N–H and O–H groups in total. The molecule has 2 nitrogen and oxygen atoms in total. The molecular formula is C16H14ClIN2. The molecule has 2 aromatic carbocycles. The first-order chi connectivity index (χ1) is 9.69. The fourth-order valence-corrected chi connectivity index (χ4v) is 2.90. The fraction of sp³-hybridized carbons (Fsp3) is 0.188. The molecule has 0 radical (unpaired) electrons. The van der Waals surface area contributed by atoms with E-state index in [1.807, 2.05) is 0 Å². The Balaban J connectivity index is 2.25. The number of hydrogen-bond acceptors (Lipinski definition) is 1. The van der Waals surface area contributed by atoms with Crippen LogP contribution >= 0.6 is 34.2 Å². The van der Waals surface area contributed by atoms with Crippen molar-refractivity contribution in [2.45, 2.75) is 13.3 Å². The van der Waals surface area contributed by atoms with E-state index in [0.717, 1.165) is 29.0 Å². The average molecular weight is 397 g/mol. The lowest BCUT2D eigenvalue weighted by molar-refractivity contribution is 0.912. The molecule has 4 heteroatoms. The Morgan fingerprint density at radius 1 is 1.15 bits per heavy atom. The third-order valence-corrected chi connectivity index (χ3v) is 4.19. The fourth-order valence-electron chi connectivity index (χ4n) is 2.37. The van der Waals surface area contributed by atoms with Crippen molar-refractivity contribution in [1.82, 2.24) is 9.55 Å². The Morgan fingerprint density at radius 2 is 1.90 bits per heavy atom. The lowest BCUT2D eigenvalue weighted by atomic mass is 10.2. The van der Waals surface area contributed by atoms with Gasteiger partial charge in [-0.3, -0.25) is 4.57 Å². The van der Waals surface area contributed by atoms with Crippen molar-refractivity contribution in [3.05, 3.63) is 57.4 Å². The van der Waals surface area contributed by atoms with Gasteiger partial charge < -0.3 is 0 Å². The maximum atomic E-state index is 5.93. The van der Waals surface area contributed by atoms with E-state index in [1.165, 1.54) is 9.13 Å². The number of halogens is 2. The Kier molecular flexibility index (Phi) is 3.98. The topological polar surface area (TPSA) is 17.8 Å². The molecule has 3 rings (SSSR count). The molecule has 0 aliphatic heterocycles. The van der Waals surface area contributed by atoms with Gasteiger partial charge in [0.1, 0.15) is 5.82 Å². The summed E-state index contributed by atoms with van der Waals surface area (Å²) in [7, 11) is 0. The van der Waals surface area contributed by atoms with Crippen molar-refractivity contribution in [3.8, 4) is 5.69 Å². The van der Waals surface area contributed by atoms with Gasteiger partial charge >= 0.3 is 0 Å². The van der Waals surface area contributed by atoms with E-state index in [0.29, 0.717) is 5.88 Å². The first-order valence-corrected chi connectivity index (χ1v) is 8.10. The number of alkyl halides is 1. The van der Waals surface area contributed by atoms with Crippen LogP contribution in [0, 0.1) is 10.5 Å². The smallest absolute Gasteiger partial charge is 0.115 e. The summed E-state index contributed by atoms with van der Waals surface area (Å²) in [5, 5.41) is 0. The lowest BCUT2D eigenvalue weighted by Crippen LogP contribution is -2.02. The van der Waals surface area contributed by atoms with Crippen LogP contribution in [-0.4, -0.2) is 15.4 Å². The summed E-state index contributed by atoms with van der Waals surface area (Å²) in [4.78, 5) is 4.74.